The van der Waals surface area contributed by atoms with Gasteiger partial charge in [0.1, 0.15) is 11.3 Å². The number of aryl methyl sites for hydroxylation is 2. The standard InChI is InChI=1S/C15H15Cl2N3O3/c1-8-13(9(2)23-19-8)15(22)20(3)7-12(21)18-14-10(16)5-4-6-11(14)17/h4-6H,7H2,1-3H3,(H,18,21). The number of para-hydroxylation sites is 1. The average molecular weight is 356 g/mol. The maximum atomic E-state index is 12.4. The van der Waals surface area contributed by atoms with Crippen LogP contribution in [0.3, 0.4) is 0 Å². The highest BCUT2D eigenvalue weighted by atomic mass is 35.5. The van der Waals surface area contributed by atoms with Gasteiger partial charge in [0.2, 0.25) is 5.91 Å². The van der Waals surface area contributed by atoms with Crippen molar-refractivity contribution in [3.8, 4) is 0 Å². The number of anilines is 1. The predicted molar refractivity (Wildman–Crippen MR) is 88.0 cm³/mol. The van der Waals surface area contributed by atoms with Crippen LogP contribution in [-0.2, 0) is 4.79 Å². The Hall–Kier alpha value is -2.05. The molecular weight excluding hydrogens is 341 g/mol. The Morgan fingerprint density at radius 3 is 2.39 bits per heavy atom. The Labute approximate surface area is 143 Å². The predicted octanol–water partition coefficient (Wildman–Crippen LogP) is 3.31. The van der Waals surface area contributed by atoms with Gasteiger partial charge in [0, 0.05) is 7.05 Å². The molecule has 1 N–H and O–H groups in total. The van der Waals surface area contributed by atoms with Crippen molar-refractivity contribution >= 4 is 40.7 Å². The molecule has 23 heavy (non-hydrogen) atoms. The van der Waals surface area contributed by atoms with E-state index in [0.29, 0.717) is 32.8 Å². The summed E-state index contributed by atoms with van der Waals surface area (Å²) in [5.74, 6) is -0.349. The number of amides is 2. The number of nitrogens with zero attached hydrogens (tertiary/aromatic N) is 2. The van der Waals surface area contributed by atoms with Crippen molar-refractivity contribution in [2.75, 3.05) is 18.9 Å². The number of likely N-dealkylation sites (N-methyl/N-ethyl adjacent to an activating group) is 1. The first-order chi connectivity index (χ1) is 10.8. The van der Waals surface area contributed by atoms with Crippen molar-refractivity contribution in [1.82, 2.24) is 10.1 Å². The summed E-state index contributed by atoms with van der Waals surface area (Å²) >= 11 is 12.0. The lowest BCUT2D eigenvalue weighted by Crippen LogP contribution is -2.35. The van der Waals surface area contributed by atoms with Crippen LogP contribution in [0.4, 0.5) is 5.69 Å². The van der Waals surface area contributed by atoms with E-state index in [2.05, 4.69) is 10.5 Å². The van der Waals surface area contributed by atoms with Gasteiger partial charge < -0.3 is 14.7 Å². The molecule has 1 heterocycles. The Morgan fingerprint density at radius 1 is 1.26 bits per heavy atom. The first-order valence-electron chi connectivity index (χ1n) is 6.73. The number of aromatic nitrogens is 1. The Balaban J connectivity index is 2.07. The highest BCUT2D eigenvalue weighted by Gasteiger charge is 2.22. The van der Waals surface area contributed by atoms with Gasteiger partial charge in [0.25, 0.3) is 5.91 Å². The average Bonchev–Trinajstić information content (AvgIpc) is 2.81. The summed E-state index contributed by atoms with van der Waals surface area (Å²) in [6.45, 7) is 3.15. The van der Waals surface area contributed by atoms with E-state index >= 15 is 0 Å². The largest absolute Gasteiger partial charge is 0.361 e. The highest BCUT2D eigenvalue weighted by molar-refractivity contribution is 6.39. The fourth-order valence-electron chi connectivity index (χ4n) is 2.06. The summed E-state index contributed by atoms with van der Waals surface area (Å²) < 4.78 is 4.97. The molecule has 0 unspecified atom stereocenters. The number of benzene rings is 1. The number of hydrogen-bond donors (Lipinski definition) is 1. The van der Waals surface area contributed by atoms with E-state index in [0.717, 1.165) is 0 Å². The molecule has 0 saturated carbocycles. The van der Waals surface area contributed by atoms with Gasteiger partial charge in [-0.3, -0.25) is 9.59 Å². The van der Waals surface area contributed by atoms with Crippen molar-refractivity contribution < 1.29 is 14.1 Å². The molecule has 0 spiro atoms. The normalized spacial score (nSPS) is 10.5. The zero-order valence-electron chi connectivity index (χ0n) is 12.8. The first-order valence-corrected chi connectivity index (χ1v) is 7.49. The maximum absolute atomic E-state index is 12.4. The molecule has 0 aliphatic carbocycles. The molecule has 0 atom stereocenters. The zero-order chi connectivity index (χ0) is 17.1. The van der Waals surface area contributed by atoms with Crippen molar-refractivity contribution in [2.45, 2.75) is 13.8 Å². The Bertz CT molecular complexity index is 719. The third-order valence-corrected chi connectivity index (χ3v) is 3.83. The minimum atomic E-state index is -0.414. The van der Waals surface area contributed by atoms with Gasteiger partial charge in [-0.15, -0.1) is 0 Å². The molecule has 2 rings (SSSR count). The number of halogens is 2. The number of nitrogens with one attached hydrogen (secondary N) is 1. The van der Waals surface area contributed by atoms with Gasteiger partial charge in [-0.25, -0.2) is 0 Å². The summed E-state index contributed by atoms with van der Waals surface area (Å²) in [7, 11) is 1.52. The van der Waals surface area contributed by atoms with E-state index < -0.39 is 5.91 Å². The molecule has 2 amide bonds. The molecule has 0 aliphatic heterocycles. The Morgan fingerprint density at radius 2 is 1.87 bits per heavy atom. The molecule has 0 aliphatic rings. The highest BCUT2D eigenvalue weighted by Crippen LogP contribution is 2.29. The third kappa shape index (κ3) is 3.83. The smallest absolute Gasteiger partial charge is 0.259 e. The summed E-state index contributed by atoms with van der Waals surface area (Å²) in [6.07, 6.45) is 0. The second-order valence-electron chi connectivity index (χ2n) is 5.01. The quantitative estimate of drug-likeness (QED) is 0.912. The number of hydrogen-bond acceptors (Lipinski definition) is 4. The summed E-state index contributed by atoms with van der Waals surface area (Å²) in [4.78, 5) is 25.7. The van der Waals surface area contributed by atoms with E-state index in [1.54, 1.807) is 32.0 Å². The molecule has 0 fully saturated rings. The fraction of sp³-hybridized carbons (Fsp3) is 0.267. The SMILES string of the molecule is Cc1noc(C)c1C(=O)N(C)CC(=O)Nc1c(Cl)cccc1Cl. The van der Waals surface area contributed by atoms with Crippen LogP contribution in [0.25, 0.3) is 0 Å². The van der Waals surface area contributed by atoms with Gasteiger partial charge in [0.05, 0.1) is 28.0 Å². The van der Waals surface area contributed by atoms with Crippen molar-refractivity contribution in [2.24, 2.45) is 0 Å². The minimum Gasteiger partial charge on any atom is -0.361 e. The minimum absolute atomic E-state index is 0.162. The van der Waals surface area contributed by atoms with E-state index in [4.69, 9.17) is 27.7 Å². The molecule has 0 bridgehead atoms. The monoisotopic (exact) mass is 355 g/mol. The van der Waals surface area contributed by atoms with E-state index in [-0.39, 0.29) is 12.5 Å². The van der Waals surface area contributed by atoms with Crippen LogP contribution in [0.5, 0.6) is 0 Å². The van der Waals surface area contributed by atoms with Gasteiger partial charge in [-0.1, -0.05) is 34.4 Å². The van der Waals surface area contributed by atoms with Crippen LogP contribution in [0.1, 0.15) is 21.8 Å². The molecule has 8 heteroatoms. The summed E-state index contributed by atoms with van der Waals surface area (Å²) in [5, 5.41) is 6.98. The van der Waals surface area contributed by atoms with E-state index in [1.165, 1.54) is 11.9 Å². The molecule has 2 aromatic rings. The molecule has 6 nitrogen and oxygen atoms in total. The second-order valence-corrected chi connectivity index (χ2v) is 5.82. The maximum Gasteiger partial charge on any atom is 0.259 e. The molecule has 1 aromatic carbocycles. The number of rotatable bonds is 4. The number of carbonyl (C=O) groups is 2. The first kappa shape index (κ1) is 17.3. The Kier molecular flexibility index (Phi) is 5.28. The summed E-state index contributed by atoms with van der Waals surface area (Å²) in [5.41, 5.74) is 1.16. The van der Waals surface area contributed by atoms with Gasteiger partial charge >= 0.3 is 0 Å². The second kappa shape index (κ2) is 7.02. The van der Waals surface area contributed by atoms with Crippen LogP contribution in [-0.4, -0.2) is 35.5 Å². The summed E-state index contributed by atoms with van der Waals surface area (Å²) in [6, 6.07) is 4.90. The lowest BCUT2D eigenvalue weighted by atomic mass is 10.2. The lowest BCUT2D eigenvalue weighted by Gasteiger charge is -2.17. The molecule has 122 valence electrons. The van der Waals surface area contributed by atoms with Crippen molar-refractivity contribution in [3.05, 3.63) is 45.3 Å². The van der Waals surface area contributed by atoms with Crippen LogP contribution in [0.15, 0.2) is 22.7 Å². The van der Waals surface area contributed by atoms with Crippen LogP contribution < -0.4 is 5.32 Å². The van der Waals surface area contributed by atoms with Crippen molar-refractivity contribution in [1.29, 1.82) is 0 Å². The molecule has 0 radical (unpaired) electrons. The van der Waals surface area contributed by atoms with E-state index in [1.807, 2.05) is 0 Å². The van der Waals surface area contributed by atoms with Crippen molar-refractivity contribution in [3.63, 3.8) is 0 Å². The zero-order valence-corrected chi connectivity index (χ0v) is 14.3. The van der Waals surface area contributed by atoms with Crippen LogP contribution in [0.2, 0.25) is 10.0 Å². The molecule has 0 saturated heterocycles. The number of carbonyl (C=O) groups excluding carboxylic acids is 2. The lowest BCUT2D eigenvalue weighted by molar-refractivity contribution is -0.116. The fourth-order valence-corrected chi connectivity index (χ4v) is 2.55. The van der Waals surface area contributed by atoms with E-state index in [9.17, 15) is 9.59 Å². The van der Waals surface area contributed by atoms with Gasteiger partial charge in [0.15, 0.2) is 0 Å². The van der Waals surface area contributed by atoms with Gasteiger partial charge in [-0.2, -0.15) is 0 Å². The molecular formula is C15H15Cl2N3O3. The van der Waals surface area contributed by atoms with Crippen LogP contribution >= 0.6 is 23.2 Å². The topological polar surface area (TPSA) is 75.4 Å². The van der Waals surface area contributed by atoms with Crippen LogP contribution in [0, 0.1) is 13.8 Å². The third-order valence-electron chi connectivity index (χ3n) is 3.20. The van der Waals surface area contributed by atoms with Gasteiger partial charge in [-0.05, 0) is 26.0 Å². The molecule has 1 aromatic heterocycles.